The molecule has 2 unspecified atom stereocenters. The topological polar surface area (TPSA) is 68.3 Å². The molecular weight excluding hydrogens is 396 g/mol. The highest BCUT2D eigenvalue weighted by Crippen LogP contribution is 2.38. The Bertz CT molecular complexity index is 854. The lowest BCUT2D eigenvalue weighted by Crippen LogP contribution is -2.42. The molecule has 2 atom stereocenters. The second kappa shape index (κ2) is 9.73. The molecule has 2 aliphatic rings. The SMILES string of the molecule is COc1ccc(C2=C(N3CC(C)CC(C)C3)C(=O)N(CCOC(C)C)C2=O)cc1OC. The molecule has 170 valence electrons. The van der Waals surface area contributed by atoms with Crippen molar-refractivity contribution in [2.24, 2.45) is 11.8 Å². The second-order valence-corrected chi connectivity index (χ2v) is 8.83. The van der Waals surface area contributed by atoms with Gasteiger partial charge in [0.15, 0.2) is 11.5 Å². The van der Waals surface area contributed by atoms with E-state index in [-0.39, 0.29) is 24.5 Å². The summed E-state index contributed by atoms with van der Waals surface area (Å²) in [6.45, 7) is 10.3. The third-order valence-electron chi connectivity index (χ3n) is 5.77. The Balaban J connectivity index is 2.03. The van der Waals surface area contributed by atoms with Crippen molar-refractivity contribution in [2.75, 3.05) is 40.5 Å². The molecule has 7 heteroatoms. The first-order chi connectivity index (χ1) is 14.8. The number of nitrogens with zero attached hydrogens (tertiary/aromatic N) is 2. The van der Waals surface area contributed by atoms with Gasteiger partial charge in [-0.3, -0.25) is 14.5 Å². The lowest BCUT2D eigenvalue weighted by molar-refractivity contribution is -0.138. The van der Waals surface area contributed by atoms with E-state index in [1.54, 1.807) is 26.4 Å². The fraction of sp³-hybridized carbons (Fsp3) is 0.583. The van der Waals surface area contributed by atoms with E-state index in [9.17, 15) is 9.59 Å². The number of benzene rings is 1. The van der Waals surface area contributed by atoms with Crippen LogP contribution in [0.1, 0.15) is 39.7 Å². The Labute approximate surface area is 184 Å². The molecule has 2 aliphatic heterocycles. The zero-order valence-corrected chi connectivity index (χ0v) is 19.4. The van der Waals surface area contributed by atoms with Gasteiger partial charge in [0.2, 0.25) is 0 Å². The van der Waals surface area contributed by atoms with Crippen LogP contribution >= 0.6 is 0 Å². The lowest BCUT2D eigenvalue weighted by Gasteiger charge is -2.37. The van der Waals surface area contributed by atoms with Gasteiger partial charge in [-0.25, -0.2) is 0 Å². The van der Waals surface area contributed by atoms with Gasteiger partial charge < -0.3 is 19.1 Å². The van der Waals surface area contributed by atoms with Crippen LogP contribution in [0.4, 0.5) is 0 Å². The standard InChI is InChI=1S/C24H34N2O5/c1-15(2)31-10-9-26-23(27)21(18-7-8-19(29-5)20(12-18)30-6)22(24(26)28)25-13-16(3)11-17(4)14-25/h7-8,12,15-17H,9-11,13-14H2,1-6H3. The zero-order valence-electron chi connectivity index (χ0n) is 19.4. The Kier molecular flexibility index (Phi) is 7.26. The van der Waals surface area contributed by atoms with Crippen LogP contribution in [-0.2, 0) is 14.3 Å². The number of piperidine rings is 1. The highest BCUT2D eigenvalue weighted by molar-refractivity contribution is 6.35. The maximum absolute atomic E-state index is 13.5. The van der Waals surface area contributed by atoms with Crippen LogP contribution in [0.3, 0.4) is 0 Å². The van der Waals surface area contributed by atoms with Crippen LogP contribution in [0.5, 0.6) is 11.5 Å². The van der Waals surface area contributed by atoms with Crippen LogP contribution in [0.15, 0.2) is 23.9 Å². The van der Waals surface area contributed by atoms with Crippen molar-refractivity contribution in [3.8, 4) is 11.5 Å². The maximum Gasteiger partial charge on any atom is 0.277 e. The van der Waals surface area contributed by atoms with Crippen molar-refractivity contribution in [1.82, 2.24) is 9.80 Å². The first kappa shape index (κ1) is 23.1. The quantitative estimate of drug-likeness (QED) is 0.590. The molecule has 0 aromatic heterocycles. The molecule has 1 fully saturated rings. The third kappa shape index (κ3) is 4.87. The summed E-state index contributed by atoms with van der Waals surface area (Å²) < 4.78 is 16.4. The zero-order chi connectivity index (χ0) is 22.7. The third-order valence-corrected chi connectivity index (χ3v) is 5.77. The predicted octanol–water partition coefficient (Wildman–Crippen LogP) is 3.19. The number of hydrogen-bond donors (Lipinski definition) is 0. The summed E-state index contributed by atoms with van der Waals surface area (Å²) in [5, 5.41) is 0. The van der Waals surface area contributed by atoms with Crippen LogP contribution in [0.2, 0.25) is 0 Å². The molecule has 0 radical (unpaired) electrons. The summed E-state index contributed by atoms with van der Waals surface area (Å²) in [6, 6.07) is 5.35. The number of carbonyl (C=O) groups is 2. The van der Waals surface area contributed by atoms with Gasteiger partial charge in [-0.05, 0) is 49.8 Å². The smallest absolute Gasteiger partial charge is 0.277 e. The van der Waals surface area contributed by atoms with Crippen molar-refractivity contribution in [2.45, 2.75) is 40.2 Å². The van der Waals surface area contributed by atoms with Gasteiger partial charge in [0.25, 0.3) is 11.8 Å². The van der Waals surface area contributed by atoms with Gasteiger partial charge in [-0.2, -0.15) is 0 Å². The van der Waals surface area contributed by atoms with Gasteiger partial charge in [0.05, 0.1) is 39.0 Å². The maximum atomic E-state index is 13.5. The minimum atomic E-state index is -0.287. The fourth-order valence-electron chi connectivity index (χ4n) is 4.54. The summed E-state index contributed by atoms with van der Waals surface area (Å²) in [5.74, 6) is 1.46. The molecule has 3 rings (SSSR count). The number of hydrogen-bond acceptors (Lipinski definition) is 6. The van der Waals surface area contributed by atoms with Gasteiger partial charge >= 0.3 is 0 Å². The average Bonchev–Trinajstić information content (AvgIpc) is 2.97. The van der Waals surface area contributed by atoms with Crippen molar-refractivity contribution in [1.29, 1.82) is 0 Å². The molecule has 2 heterocycles. The van der Waals surface area contributed by atoms with Crippen molar-refractivity contribution in [3.63, 3.8) is 0 Å². The summed E-state index contributed by atoms with van der Waals surface area (Å²) in [4.78, 5) is 30.3. The first-order valence-electron chi connectivity index (χ1n) is 11.0. The Morgan fingerprint density at radius 3 is 2.23 bits per heavy atom. The normalized spacial score (nSPS) is 22.0. The highest BCUT2D eigenvalue weighted by atomic mass is 16.5. The van der Waals surface area contributed by atoms with Crippen molar-refractivity contribution < 1.29 is 23.8 Å². The van der Waals surface area contributed by atoms with E-state index in [0.717, 1.165) is 19.5 Å². The number of ether oxygens (including phenoxy) is 3. The fourth-order valence-corrected chi connectivity index (χ4v) is 4.54. The first-order valence-corrected chi connectivity index (χ1v) is 11.0. The van der Waals surface area contributed by atoms with Crippen LogP contribution in [0, 0.1) is 11.8 Å². The van der Waals surface area contributed by atoms with E-state index < -0.39 is 0 Å². The molecule has 7 nitrogen and oxygen atoms in total. The van der Waals surface area contributed by atoms with Gasteiger partial charge in [0.1, 0.15) is 5.70 Å². The molecule has 0 saturated carbocycles. The monoisotopic (exact) mass is 430 g/mol. The number of rotatable bonds is 8. The van der Waals surface area contributed by atoms with Crippen LogP contribution in [0.25, 0.3) is 5.57 Å². The largest absolute Gasteiger partial charge is 0.493 e. The number of methoxy groups -OCH3 is 2. The Morgan fingerprint density at radius 2 is 1.65 bits per heavy atom. The molecule has 0 spiro atoms. The molecule has 31 heavy (non-hydrogen) atoms. The molecule has 0 N–H and O–H groups in total. The van der Waals surface area contributed by atoms with Gasteiger partial charge in [-0.15, -0.1) is 0 Å². The summed E-state index contributed by atoms with van der Waals surface area (Å²) in [6.07, 6.45) is 1.15. The number of carbonyl (C=O) groups excluding carboxylic acids is 2. The van der Waals surface area contributed by atoms with E-state index >= 15 is 0 Å². The highest BCUT2D eigenvalue weighted by Gasteiger charge is 2.42. The summed E-state index contributed by atoms with van der Waals surface area (Å²) in [5.41, 5.74) is 1.57. The average molecular weight is 431 g/mol. The lowest BCUT2D eigenvalue weighted by atomic mass is 9.91. The molecule has 2 amide bonds. The minimum Gasteiger partial charge on any atom is -0.493 e. The number of likely N-dealkylation sites (tertiary alicyclic amines) is 1. The van der Waals surface area contributed by atoms with Gasteiger partial charge in [-0.1, -0.05) is 19.9 Å². The van der Waals surface area contributed by atoms with E-state index in [2.05, 4.69) is 18.7 Å². The molecular formula is C24H34N2O5. The molecule has 1 aromatic rings. The molecule has 1 aromatic carbocycles. The second-order valence-electron chi connectivity index (χ2n) is 8.83. The van der Waals surface area contributed by atoms with Crippen LogP contribution in [-0.4, -0.2) is 68.2 Å². The molecule has 0 aliphatic carbocycles. The van der Waals surface area contributed by atoms with Crippen molar-refractivity contribution >= 4 is 17.4 Å². The number of amides is 2. The Morgan fingerprint density at radius 1 is 1.00 bits per heavy atom. The van der Waals surface area contributed by atoms with E-state index in [1.165, 1.54) is 4.90 Å². The van der Waals surface area contributed by atoms with E-state index in [4.69, 9.17) is 14.2 Å². The molecule has 1 saturated heterocycles. The van der Waals surface area contributed by atoms with Crippen LogP contribution < -0.4 is 9.47 Å². The Hall–Kier alpha value is -2.54. The number of imide groups is 1. The minimum absolute atomic E-state index is 0.0364. The van der Waals surface area contributed by atoms with Gasteiger partial charge in [0, 0.05) is 13.1 Å². The van der Waals surface area contributed by atoms with E-state index in [0.29, 0.717) is 46.8 Å². The summed E-state index contributed by atoms with van der Waals surface area (Å²) in [7, 11) is 3.13. The predicted molar refractivity (Wildman–Crippen MR) is 119 cm³/mol. The van der Waals surface area contributed by atoms with E-state index in [1.807, 2.05) is 19.9 Å². The molecule has 0 bridgehead atoms. The summed E-state index contributed by atoms with van der Waals surface area (Å²) >= 11 is 0. The van der Waals surface area contributed by atoms with Crippen molar-refractivity contribution in [3.05, 3.63) is 29.5 Å².